The van der Waals surface area contributed by atoms with E-state index < -0.39 is 36.3 Å². The third kappa shape index (κ3) is 3.49. The minimum Gasteiger partial charge on any atom is -0.388 e. The third-order valence-corrected chi connectivity index (χ3v) is 7.47. The summed E-state index contributed by atoms with van der Waals surface area (Å²) in [5.41, 5.74) is 1.04. The molecule has 2 aliphatic carbocycles. The zero-order valence-electron chi connectivity index (χ0n) is 16.6. The van der Waals surface area contributed by atoms with Gasteiger partial charge in [-0.1, -0.05) is 25.5 Å². The average Bonchev–Trinajstić information content (AvgIpc) is 2.57. The summed E-state index contributed by atoms with van der Waals surface area (Å²) >= 11 is 0. The summed E-state index contributed by atoms with van der Waals surface area (Å²) in [4.78, 5) is 0. The minimum atomic E-state index is -1.25. The molecular formula is C21H36O5. The number of aliphatic hydroxyl groups is 3. The number of ether oxygens (including phenoxy) is 2. The molecule has 0 aromatic carbocycles. The number of aliphatic hydroxyl groups excluding tert-OH is 3. The molecule has 0 spiro atoms. The van der Waals surface area contributed by atoms with E-state index in [1.165, 1.54) is 24.8 Å². The maximum Gasteiger partial charge on any atom is 0.187 e. The molecule has 1 aliphatic heterocycles. The van der Waals surface area contributed by atoms with E-state index in [-0.39, 0.29) is 5.41 Å². The first kappa shape index (κ1) is 20.3. The Balaban J connectivity index is 1.81. The maximum atomic E-state index is 10.4. The van der Waals surface area contributed by atoms with Gasteiger partial charge in [0.2, 0.25) is 0 Å². The maximum absolute atomic E-state index is 10.4. The number of hydrogen-bond donors (Lipinski definition) is 3. The molecule has 0 bridgehead atoms. The summed E-state index contributed by atoms with van der Waals surface area (Å²) in [7, 11) is 0. The van der Waals surface area contributed by atoms with E-state index in [2.05, 4.69) is 27.4 Å². The summed E-state index contributed by atoms with van der Waals surface area (Å²) < 4.78 is 12.1. The molecule has 3 rings (SSSR count). The zero-order chi connectivity index (χ0) is 19.3. The Kier molecular flexibility index (Phi) is 5.59. The van der Waals surface area contributed by atoms with Crippen molar-refractivity contribution in [3.8, 4) is 0 Å². The minimum absolute atomic E-state index is 0.225. The van der Waals surface area contributed by atoms with Crippen LogP contribution in [0.3, 0.4) is 0 Å². The molecule has 3 N–H and O–H groups in total. The fraction of sp³-hybridized carbons (Fsp3) is 0.905. The topological polar surface area (TPSA) is 79.2 Å². The van der Waals surface area contributed by atoms with Crippen LogP contribution in [-0.2, 0) is 9.47 Å². The normalized spacial score (nSPS) is 52.3. The SMILES string of the molecule is C=C(C)[C@@H]1CC[C@]2(C)CCC[C@](C)(O[C@@H]3O[C@H](C)[C@H](O)[C@H](O)[C@H]3O)[C@H]2C1. The van der Waals surface area contributed by atoms with Crippen molar-refractivity contribution >= 4 is 0 Å². The van der Waals surface area contributed by atoms with Gasteiger partial charge in [0.15, 0.2) is 6.29 Å². The molecule has 2 saturated carbocycles. The summed E-state index contributed by atoms with van der Waals surface area (Å²) in [6.45, 7) is 12.5. The van der Waals surface area contributed by atoms with Gasteiger partial charge in [0.1, 0.15) is 18.3 Å². The molecule has 0 unspecified atom stereocenters. The Morgan fingerprint density at radius 3 is 2.42 bits per heavy atom. The molecular weight excluding hydrogens is 332 g/mol. The summed E-state index contributed by atoms with van der Waals surface area (Å²) in [5.74, 6) is 0.868. The Morgan fingerprint density at radius 1 is 1.08 bits per heavy atom. The Labute approximate surface area is 157 Å². The van der Waals surface area contributed by atoms with Crippen LogP contribution in [0.5, 0.6) is 0 Å². The van der Waals surface area contributed by atoms with Crippen LogP contribution in [0.4, 0.5) is 0 Å². The fourth-order valence-corrected chi connectivity index (χ4v) is 5.63. The molecule has 3 aliphatic rings. The Hall–Kier alpha value is -0.460. The summed E-state index contributed by atoms with van der Waals surface area (Å²) in [6.07, 6.45) is 1.51. The van der Waals surface area contributed by atoms with Crippen LogP contribution in [0.1, 0.15) is 66.2 Å². The van der Waals surface area contributed by atoms with Crippen molar-refractivity contribution in [2.24, 2.45) is 17.3 Å². The van der Waals surface area contributed by atoms with Crippen LogP contribution in [0.15, 0.2) is 12.2 Å². The van der Waals surface area contributed by atoms with Gasteiger partial charge in [0.25, 0.3) is 0 Å². The van der Waals surface area contributed by atoms with Crippen molar-refractivity contribution in [3.05, 3.63) is 12.2 Å². The van der Waals surface area contributed by atoms with E-state index in [0.717, 1.165) is 19.3 Å². The molecule has 5 nitrogen and oxygen atoms in total. The second-order valence-electron chi connectivity index (χ2n) is 9.49. The van der Waals surface area contributed by atoms with Crippen molar-refractivity contribution in [1.82, 2.24) is 0 Å². The molecule has 150 valence electrons. The highest BCUT2D eigenvalue weighted by atomic mass is 16.7. The predicted octanol–water partition coefficient (Wildman–Crippen LogP) is 2.77. The van der Waals surface area contributed by atoms with Crippen LogP contribution in [0, 0.1) is 17.3 Å². The monoisotopic (exact) mass is 368 g/mol. The number of fused-ring (bicyclic) bond motifs is 1. The number of allylic oxidation sites excluding steroid dienone is 1. The lowest BCUT2D eigenvalue weighted by Crippen LogP contribution is -2.61. The Morgan fingerprint density at radius 2 is 1.77 bits per heavy atom. The van der Waals surface area contributed by atoms with Gasteiger partial charge in [-0.2, -0.15) is 0 Å². The lowest BCUT2D eigenvalue weighted by molar-refractivity contribution is -0.335. The summed E-state index contributed by atoms with van der Waals surface area (Å²) in [6, 6.07) is 0. The fourth-order valence-electron chi connectivity index (χ4n) is 5.63. The van der Waals surface area contributed by atoms with Gasteiger partial charge in [-0.3, -0.25) is 0 Å². The van der Waals surface area contributed by atoms with Gasteiger partial charge in [0.05, 0.1) is 11.7 Å². The first-order chi connectivity index (χ1) is 12.1. The molecule has 3 fully saturated rings. The quantitative estimate of drug-likeness (QED) is 0.668. The van der Waals surface area contributed by atoms with E-state index in [4.69, 9.17) is 9.47 Å². The van der Waals surface area contributed by atoms with Gasteiger partial charge < -0.3 is 24.8 Å². The molecule has 0 radical (unpaired) electrons. The first-order valence-corrected chi connectivity index (χ1v) is 10.1. The van der Waals surface area contributed by atoms with Gasteiger partial charge in [-0.05, 0) is 70.1 Å². The second-order valence-corrected chi connectivity index (χ2v) is 9.49. The molecule has 9 atom stereocenters. The van der Waals surface area contributed by atoms with Crippen molar-refractivity contribution in [2.45, 2.75) is 103 Å². The predicted molar refractivity (Wildman–Crippen MR) is 99.4 cm³/mol. The lowest BCUT2D eigenvalue weighted by Gasteiger charge is -2.57. The largest absolute Gasteiger partial charge is 0.388 e. The Bertz CT molecular complexity index is 536. The summed E-state index contributed by atoms with van der Waals surface area (Å²) in [5, 5.41) is 30.5. The van der Waals surface area contributed by atoms with Crippen LogP contribution in [0.2, 0.25) is 0 Å². The van der Waals surface area contributed by atoms with Crippen molar-refractivity contribution in [1.29, 1.82) is 0 Å². The van der Waals surface area contributed by atoms with Crippen molar-refractivity contribution in [2.75, 3.05) is 0 Å². The molecule has 0 aromatic heterocycles. The van der Waals surface area contributed by atoms with E-state index in [1.54, 1.807) is 6.92 Å². The molecule has 1 heterocycles. The van der Waals surface area contributed by atoms with Crippen LogP contribution in [0.25, 0.3) is 0 Å². The average molecular weight is 369 g/mol. The third-order valence-electron chi connectivity index (χ3n) is 7.47. The highest BCUT2D eigenvalue weighted by molar-refractivity contribution is 5.08. The van der Waals surface area contributed by atoms with Gasteiger partial charge in [-0.25, -0.2) is 0 Å². The van der Waals surface area contributed by atoms with Gasteiger partial charge in [0, 0.05) is 0 Å². The van der Waals surface area contributed by atoms with Crippen LogP contribution >= 0.6 is 0 Å². The van der Waals surface area contributed by atoms with Crippen LogP contribution in [-0.4, -0.2) is 51.6 Å². The highest BCUT2D eigenvalue weighted by Gasteiger charge is 2.54. The van der Waals surface area contributed by atoms with E-state index in [9.17, 15) is 15.3 Å². The van der Waals surface area contributed by atoms with Gasteiger partial charge in [-0.15, -0.1) is 0 Å². The van der Waals surface area contributed by atoms with E-state index >= 15 is 0 Å². The van der Waals surface area contributed by atoms with Crippen molar-refractivity contribution in [3.63, 3.8) is 0 Å². The second kappa shape index (κ2) is 7.17. The first-order valence-electron chi connectivity index (χ1n) is 10.1. The zero-order valence-corrected chi connectivity index (χ0v) is 16.6. The standard InChI is InChI=1S/C21H36O5/c1-12(2)14-7-10-20(4)8-6-9-21(5,15(20)11-14)26-19-18(24)17(23)16(22)13(3)25-19/h13-19,22-24H,1,6-11H2,2-5H3/t13-,14-,15+,16+,17+,18-,19+,20+,21+/m1/s1. The molecule has 5 heteroatoms. The number of rotatable bonds is 3. The van der Waals surface area contributed by atoms with Crippen molar-refractivity contribution < 1.29 is 24.8 Å². The van der Waals surface area contributed by atoms with Crippen LogP contribution < -0.4 is 0 Å². The molecule has 0 aromatic rings. The number of hydrogen-bond acceptors (Lipinski definition) is 5. The molecule has 1 saturated heterocycles. The van der Waals surface area contributed by atoms with Gasteiger partial charge >= 0.3 is 0 Å². The molecule has 0 amide bonds. The highest BCUT2D eigenvalue weighted by Crippen LogP contribution is 2.57. The lowest BCUT2D eigenvalue weighted by atomic mass is 9.53. The molecule has 26 heavy (non-hydrogen) atoms. The van der Waals surface area contributed by atoms with E-state index in [1.807, 2.05) is 0 Å². The van der Waals surface area contributed by atoms with E-state index in [0.29, 0.717) is 11.8 Å². The smallest absolute Gasteiger partial charge is 0.187 e.